The van der Waals surface area contributed by atoms with Crippen molar-refractivity contribution in [2.24, 2.45) is 0 Å². The Balaban J connectivity index is 1.79. The number of fused-ring (bicyclic) bond motifs is 1. The van der Waals surface area contributed by atoms with E-state index in [2.05, 4.69) is 0 Å². The molecule has 26 heavy (non-hydrogen) atoms. The van der Waals surface area contributed by atoms with E-state index in [-0.39, 0.29) is 12.2 Å². The number of carbonyl (C=O) groups is 2. The van der Waals surface area contributed by atoms with Gasteiger partial charge in [0, 0.05) is 11.1 Å². The Kier molecular flexibility index (Phi) is 5.22. The van der Waals surface area contributed by atoms with Crippen molar-refractivity contribution in [3.63, 3.8) is 0 Å². The van der Waals surface area contributed by atoms with Gasteiger partial charge < -0.3 is 19.3 Å². The van der Waals surface area contributed by atoms with E-state index < -0.39 is 5.97 Å². The molecule has 0 saturated heterocycles. The van der Waals surface area contributed by atoms with Crippen LogP contribution < -0.4 is 14.2 Å². The molecule has 1 N–H and O–H groups in total. The highest BCUT2D eigenvalue weighted by Crippen LogP contribution is 2.31. The minimum atomic E-state index is -0.986. The van der Waals surface area contributed by atoms with Gasteiger partial charge in [0.05, 0.1) is 13.5 Å². The lowest BCUT2D eigenvalue weighted by Crippen LogP contribution is -2.15. The number of methoxy groups -OCH3 is 1. The van der Waals surface area contributed by atoms with Crippen molar-refractivity contribution < 1.29 is 28.9 Å². The normalized spacial score (nSPS) is 12.8. The number of allylic oxidation sites excluding steroid dienone is 1. The van der Waals surface area contributed by atoms with Crippen molar-refractivity contribution >= 4 is 17.8 Å². The number of aliphatic carboxylic acids is 1. The van der Waals surface area contributed by atoms with Crippen molar-refractivity contribution in [1.29, 1.82) is 0 Å². The summed E-state index contributed by atoms with van der Waals surface area (Å²) in [4.78, 5) is 23.4. The standard InChI is InChI=1S/C20H18O6/c1-24-17-7-4-14(11-15(17)12-20(22)23)16(21)5-2-13-3-6-18-19(10-13)26-9-8-25-18/h2-7,10-11H,8-9,12H2,1H3,(H,22,23). The van der Waals surface area contributed by atoms with E-state index in [1.807, 2.05) is 12.1 Å². The molecule has 0 radical (unpaired) electrons. The molecular weight excluding hydrogens is 336 g/mol. The minimum Gasteiger partial charge on any atom is -0.496 e. The van der Waals surface area contributed by atoms with E-state index in [0.29, 0.717) is 41.6 Å². The Hall–Kier alpha value is -3.28. The zero-order valence-corrected chi connectivity index (χ0v) is 14.2. The maximum Gasteiger partial charge on any atom is 0.307 e. The predicted octanol–water partition coefficient (Wildman–Crippen LogP) is 2.99. The van der Waals surface area contributed by atoms with Gasteiger partial charge in [0.1, 0.15) is 19.0 Å². The van der Waals surface area contributed by atoms with E-state index >= 15 is 0 Å². The van der Waals surface area contributed by atoms with Gasteiger partial charge in [-0.2, -0.15) is 0 Å². The first kappa shape index (κ1) is 17.5. The summed E-state index contributed by atoms with van der Waals surface area (Å²) in [6.07, 6.45) is 2.91. The number of ether oxygens (including phenoxy) is 3. The highest BCUT2D eigenvalue weighted by Gasteiger charge is 2.13. The van der Waals surface area contributed by atoms with Gasteiger partial charge in [-0.15, -0.1) is 0 Å². The second-order valence-corrected chi connectivity index (χ2v) is 5.70. The maximum atomic E-state index is 12.4. The van der Waals surface area contributed by atoms with E-state index in [9.17, 15) is 9.59 Å². The van der Waals surface area contributed by atoms with Gasteiger partial charge in [0.2, 0.25) is 0 Å². The molecule has 6 nitrogen and oxygen atoms in total. The van der Waals surface area contributed by atoms with Crippen LogP contribution in [0, 0.1) is 0 Å². The smallest absolute Gasteiger partial charge is 0.307 e. The van der Waals surface area contributed by atoms with Crippen LogP contribution in [0.2, 0.25) is 0 Å². The Morgan fingerprint density at radius 3 is 2.62 bits per heavy atom. The maximum absolute atomic E-state index is 12.4. The number of benzene rings is 2. The first-order chi connectivity index (χ1) is 12.6. The third kappa shape index (κ3) is 4.03. The number of hydrogen-bond acceptors (Lipinski definition) is 5. The number of carboxylic acid groups (broad SMARTS) is 1. The second-order valence-electron chi connectivity index (χ2n) is 5.70. The summed E-state index contributed by atoms with van der Waals surface area (Å²) < 4.78 is 16.1. The van der Waals surface area contributed by atoms with Crippen LogP contribution in [0.1, 0.15) is 21.5 Å². The van der Waals surface area contributed by atoms with E-state index in [0.717, 1.165) is 5.56 Å². The molecule has 0 spiro atoms. The van der Waals surface area contributed by atoms with Crippen molar-refractivity contribution in [3.8, 4) is 17.2 Å². The SMILES string of the molecule is COc1ccc(C(=O)C=Cc2ccc3c(c2)OCCO3)cc1CC(=O)O. The van der Waals surface area contributed by atoms with Crippen LogP contribution in [-0.2, 0) is 11.2 Å². The van der Waals surface area contributed by atoms with Crippen molar-refractivity contribution in [2.75, 3.05) is 20.3 Å². The highest BCUT2D eigenvalue weighted by molar-refractivity contribution is 6.07. The van der Waals surface area contributed by atoms with E-state index in [1.54, 1.807) is 30.3 Å². The van der Waals surface area contributed by atoms with Crippen LogP contribution >= 0.6 is 0 Å². The molecule has 1 aliphatic rings. The first-order valence-corrected chi connectivity index (χ1v) is 8.07. The molecule has 134 valence electrons. The summed E-state index contributed by atoms with van der Waals surface area (Å²) in [6.45, 7) is 1.02. The molecule has 0 fully saturated rings. The van der Waals surface area contributed by atoms with Gasteiger partial charge in [-0.3, -0.25) is 9.59 Å². The lowest BCUT2D eigenvalue weighted by molar-refractivity contribution is -0.136. The topological polar surface area (TPSA) is 82.1 Å². The van der Waals surface area contributed by atoms with Crippen LogP contribution in [0.3, 0.4) is 0 Å². The molecule has 2 aromatic carbocycles. The average molecular weight is 354 g/mol. The number of rotatable bonds is 6. The minimum absolute atomic E-state index is 0.212. The summed E-state index contributed by atoms with van der Waals surface area (Å²) in [5.74, 6) is 0.570. The molecular formula is C20H18O6. The molecule has 0 aromatic heterocycles. The monoisotopic (exact) mass is 354 g/mol. The molecule has 1 aliphatic heterocycles. The number of hydrogen-bond donors (Lipinski definition) is 1. The molecule has 1 heterocycles. The van der Waals surface area contributed by atoms with Gasteiger partial charge in [-0.1, -0.05) is 12.1 Å². The molecule has 0 atom stereocenters. The second kappa shape index (κ2) is 7.74. The Morgan fingerprint density at radius 1 is 1.12 bits per heavy atom. The average Bonchev–Trinajstić information content (AvgIpc) is 2.65. The van der Waals surface area contributed by atoms with E-state index in [1.165, 1.54) is 13.2 Å². The fourth-order valence-electron chi connectivity index (χ4n) is 2.66. The first-order valence-electron chi connectivity index (χ1n) is 8.07. The van der Waals surface area contributed by atoms with Gasteiger partial charge in [-0.05, 0) is 42.0 Å². The number of carboxylic acids is 1. The fraction of sp³-hybridized carbons (Fsp3) is 0.200. The fourth-order valence-corrected chi connectivity index (χ4v) is 2.66. The predicted molar refractivity (Wildman–Crippen MR) is 95.1 cm³/mol. The van der Waals surface area contributed by atoms with Gasteiger partial charge >= 0.3 is 5.97 Å². The van der Waals surface area contributed by atoms with Crippen molar-refractivity contribution in [3.05, 3.63) is 59.2 Å². The molecule has 0 bridgehead atoms. The van der Waals surface area contributed by atoms with E-state index in [4.69, 9.17) is 19.3 Å². The molecule has 2 aromatic rings. The zero-order valence-electron chi connectivity index (χ0n) is 14.2. The van der Waals surface area contributed by atoms with Crippen molar-refractivity contribution in [1.82, 2.24) is 0 Å². The zero-order chi connectivity index (χ0) is 18.5. The van der Waals surface area contributed by atoms with Gasteiger partial charge in [-0.25, -0.2) is 0 Å². The summed E-state index contributed by atoms with van der Waals surface area (Å²) in [5.41, 5.74) is 1.66. The summed E-state index contributed by atoms with van der Waals surface area (Å²) in [6, 6.07) is 10.2. The largest absolute Gasteiger partial charge is 0.496 e. The Bertz CT molecular complexity index is 869. The lowest BCUT2D eigenvalue weighted by atomic mass is 10.0. The third-order valence-electron chi connectivity index (χ3n) is 3.90. The van der Waals surface area contributed by atoms with Crippen LogP contribution in [0.5, 0.6) is 17.2 Å². The quantitative estimate of drug-likeness (QED) is 0.634. The number of ketones is 1. The van der Waals surface area contributed by atoms with Gasteiger partial charge in [0.25, 0.3) is 0 Å². The Labute approximate surface area is 150 Å². The molecule has 0 saturated carbocycles. The van der Waals surface area contributed by atoms with Crippen LogP contribution in [0.25, 0.3) is 6.08 Å². The molecule has 3 rings (SSSR count). The Morgan fingerprint density at radius 2 is 1.88 bits per heavy atom. The molecule has 0 aliphatic carbocycles. The lowest BCUT2D eigenvalue weighted by Gasteiger charge is -2.18. The highest BCUT2D eigenvalue weighted by atomic mass is 16.6. The van der Waals surface area contributed by atoms with Crippen LogP contribution in [0.4, 0.5) is 0 Å². The van der Waals surface area contributed by atoms with Gasteiger partial charge in [0.15, 0.2) is 17.3 Å². The van der Waals surface area contributed by atoms with Crippen LogP contribution in [-0.4, -0.2) is 37.2 Å². The molecule has 0 unspecified atom stereocenters. The molecule has 6 heteroatoms. The third-order valence-corrected chi connectivity index (χ3v) is 3.90. The summed E-state index contributed by atoms with van der Waals surface area (Å²) >= 11 is 0. The van der Waals surface area contributed by atoms with Crippen LogP contribution in [0.15, 0.2) is 42.5 Å². The summed E-state index contributed by atoms with van der Waals surface area (Å²) in [5, 5.41) is 8.99. The van der Waals surface area contributed by atoms with Crippen molar-refractivity contribution in [2.45, 2.75) is 6.42 Å². The molecule has 0 amide bonds. The summed E-state index contributed by atoms with van der Waals surface area (Å²) in [7, 11) is 1.46. The number of carbonyl (C=O) groups excluding carboxylic acids is 1.